The van der Waals surface area contributed by atoms with Gasteiger partial charge in [0, 0.05) is 38.5 Å². The van der Waals surface area contributed by atoms with Crippen LogP contribution in [0.3, 0.4) is 0 Å². The third-order valence-corrected chi connectivity index (χ3v) is 4.39. The molecule has 0 spiro atoms. The molecular formula is C17H23ClN4O. The minimum absolute atomic E-state index is 0.230. The monoisotopic (exact) mass is 334 g/mol. The van der Waals surface area contributed by atoms with E-state index in [1.807, 2.05) is 19.2 Å². The first-order valence-corrected chi connectivity index (χ1v) is 8.29. The number of amidine groups is 1. The lowest BCUT2D eigenvalue weighted by molar-refractivity contribution is 0.0196. The Bertz CT molecular complexity index is 614. The van der Waals surface area contributed by atoms with Crippen molar-refractivity contribution in [2.75, 3.05) is 27.4 Å². The van der Waals surface area contributed by atoms with E-state index in [0.29, 0.717) is 0 Å². The molecule has 3 rings (SSSR count). The summed E-state index contributed by atoms with van der Waals surface area (Å²) in [5, 5.41) is 0.770. The molecular weight excluding hydrogens is 312 g/mol. The standard InChI is InChI=1S/C17H23ClN4O/c1-4-9-22-12-21(10-13-5-7-14(18)8-6-13)11-15-16(22)19-17(23-3)20(15)2/h5-8,11,17H,4,9-10,12H2,1-3H3. The fraction of sp³-hybridized carbons (Fsp3) is 0.471. The Kier molecular flexibility index (Phi) is 4.78. The van der Waals surface area contributed by atoms with Crippen LogP contribution >= 0.6 is 11.6 Å². The summed E-state index contributed by atoms with van der Waals surface area (Å²) in [6.45, 7) is 4.86. The number of rotatable bonds is 5. The van der Waals surface area contributed by atoms with Gasteiger partial charge < -0.3 is 19.4 Å². The third kappa shape index (κ3) is 3.31. The highest BCUT2D eigenvalue weighted by Gasteiger charge is 2.34. The average molecular weight is 335 g/mol. The third-order valence-electron chi connectivity index (χ3n) is 4.13. The van der Waals surface area contributed by atoms with Crippen molar-refractivity contribution in [1.82, 2.24) is 14.7 Å². The van der Waals surface area contributed by atoms with E-state index in [2.05, 4.69) is 40.0 Å². The second-order valence-electron chi connectivity index (χ2n) is 5.92. The zero-order valence-corrected chi connectivity index (χ0v) is 14.6. The van der Waals surface area contributed by atoms with Crippen LogP contribution in [0.2, 0.25) is 5.02 Å². The summed E-state index contributed by atoms with van der Waals surface area (Å²) in [6.07, 6.45) is 3.03. The first-order chi connectivity index (χ1) is 11.1. The predicted octanol–water partition coefficient (Wildman–Crippen LogP) is 2.94. The van der Waals surface area contributed by atoms with E-state index in [9.17, 15) is 0 Å². The number of fused-ring (bicyclic) bond motifs is 1. The van der Waals surface area contributed by atoms with Gasteiger partial charge in [0.25, 0.3) is 0 Å². The largest absolute Gasteiger partial charge is 0.354 e. The highest BCUT2D eigenvalue weighted by atomic mass is 35.5. The molecule has 1 atom stereocenters. The van der Waals surface area contributed by atoms with Crippen molar-refractivity contribution in [2.24, 2.45) is 4.99 Å². The minimum Gasteiger partial charge on any atom is -0.354 e. The first-order valence-electron chi connectivity index (χ1n) is 7.91. The maximum Gasteiger partial charge on any atom is 0.229 e. The van der Waals surface area contributed by atoms with Gasteiger partial charge >= 0.3 is 0 Å². The van der Waals surface area contributed by atoms with Gasteiger partial charge in [-0.3, -0.25) is 0 Å². The van der Waals surface area contributed by atoms with Crippen molar-refractivity contribution in [3.8, 4) is 0 Å². The quantitative estimate of drug-likeness (QED) is 0.828. The molecule has 124 valence electrons. The molecule has 2 aliphatic rings. The van der Waals surface area contributed by atoms with Crippen molar-refractivity contribution in [3.05, 3.63) is 46.7 Å². The van der Waals surface area contributed by atoms with Gasteiger partial charge in [-0.05, 0) is 24.1 Å². The van der Waals surface area contributed by atoms with Crippen LogP contribution < -0.4 is 0 Å². The molecule has 0 bridgehead atoms. The van der Waals surface area contributed by atoms with Crippen LogP contribution in [0.1, 0.15) is 18.9 Å². The molecule has 5 nitrogen and oxygen atoms in total. The predicted molar refractivity (Wildman–Crippen MR) is 92.9 cm³/mol. The second-order valence-corrected chi connectivity index (χ2v) is 6.35. The molecule has 0 saturated carbocycles. The van der Waals surface area contributed by atoms with E-state index in [4.69, 9.17) is 21.3 Å². The van der Waals surface area contributed by atoms with E-state index < -0.39 is 0 Å². The number of hydrogen-bond donors (Lipinski definition) is 0. The van der Waals surface area contributed by atoms with E-state index in [-0.39, 0.29) is 6.35 Å². The van der Waals surface area contributed by atoms with Crippen molar-refractivity contribution in [1.29, 1.82) is 0 Å². The Hall–Kier alpha value is -1.72. The molecule has 1 aromatic rings. The molecule has 0 fully saturated rings. The summed E-state index contributed by atoms with van der Waals surface area (Å²) in [7, 11) is 3.71. The van der Waals surface area contributed by atoms with Gasteiger partial charge in [-0.15, -0.1) is 0 Å². The summed E-state index contributed by atoms with van der Waals surface area (Å²) in [5.41, 5.74) is 2.36. The molecule has 0 amide bonds. The van der Waals surface area contributed by atoms with Gasteiger partial charge in [0.1, 0.15) is 0 Å². The molecule has 23 heavy (non-hydrogen) atoms. The highest BCUT2D eigenvalue weighted by Crippen LogP contribution is 2.27. The van der Waals surface area contributed by atoms with Gasteiger partial charge in [0.2, 0.25) is 6.35 Å². The number of likely N-dealkylation sites (N-methyl/N-ethyl adjacent to an activating group) is 1. The van der Waals surface area contributed by atoms with Crippen LogP contribution in [0, 0.1) is 0 Å². The van der Waals surface area contributed by atoms with Crippen molar-refractivity contribution in [2.45, 2.75) is 26.2 Å². The Labute approximate surface area is 142 Å². The topological polar surface area (TPSA) is 31.3 Å². The molecule has 0 N–H and O–H groups in total. The maximum absolute atomic E-state index is 5.97. The SMILES string of the molecule is CCCN1CN(Cc2ccc(Cl)cc2)C=C2C1=NC(OC)N2C. The molecule has 1 aromatic carbocycles. The second kappa shape index (κ2) is 6.81. The molecule has 2 heterocycles. The number of halogens is 1. The number of benzene rings is 1. The summed E-state index contributed by atoms with van der Waals surface area (Å²) in [4.78, 5) is 11.4. The number of methoxy groups -OCH3 is 1. The van der Waals surface area contributed by atoms with Gasteiger partial charge in [0.15, 0.2) is 5.84 Å². The lowest BCUT2D eigenvalue weighted by atomic mass is 10.2. The first kappa shape index (κ1) is 16.1. The van der Waals surface area contributed by atoms with Gasteiger partial charge in [-0.25, -0.2) is 4.99 Å². The molecule has 0 radical (unpaired) electrons. The van der Waals surface area contributed by atoms with E-state index in [1.54, 1.807) is 7.11 Å². The van der Waals surface area contributed by atoms with Gasteiger partial charge in [-0.1, -0.05) is 30.7 Å². The van der Waals surface area contributed by atoms with E-state index >= 15 is 0 Å². The van der Waals surface area contributed by atoms with Crippen molar-refractivity contribution in [3.63, 3.8) is 0 Å². The molecule has 0 saturated heterocycles. The van der Waals surface area contributed by atoms with Crippen LogP contribution in [-0.4, -0.2) is 54.3 Å². The summed E-state index contributed by atoms with van der Waals surface area (Å²) in [5.74, 6) is 1.04. The molecule has 0 aliphatic carbocycles. The zero-order valence-electron chi connectivity index (χ0n) is 13.9. The Morgan fingerprint density at radius 2 is 2.04 bits per heavy atom. The smallest absolute Gasteiger partial charge is 0.229 e. The minimum atomic E-state index is -0.230. The molecule has 6 heteroatoms. The van der Waals surface area contributed by atoms with Crippen LogP contribution in [-0.2, 0) is 11.3 Å². The summed E-state index contributed by atoms with van der Waals surface area (Å²) < 4.78 is 5.45. The molecule has 2 aliphatic heterocycles. The van der Waals surface area contributed by atoms with E-state index in [1.165, 1.54) is 5.56 Å². The average Bonchev–Trinajstić information content (AvgIpc) is 2.87. The zero-order chi connectivity index (χ0) is 16.4. The number of hydrogen-bond acceptors (Lipinski definition) is 5. The number of nitrogens with zero attached hydrogens (tertiary/aromatic N) is 4. The van der Waals surface area contributed by atoms with Crippen molar-refractivity contribution < 1.29 is 4.74 Å². The maximum atomic E-state index is 5.97. The molecule has 0 aromatic heterocycles. The van der Waals surface area contributed by atoms with Crippen LogP contribution in [0.15, 0.2) is 41.2 Å². The Morgan fingerprint density at radius 1 is 1.30 bits per heavy atom. The normalized spacial score (nSPS) is 20.5. The summed E-state index contributed by atoms with van der Waals surface area (Å²) in [6, 6.07) is 8.02. The summed E-state index contributed by atoms with van der Waals surface area (Å²) >= 11 is 5.97. The van der Waals surface area contributed by atoms with Gasteiger partial charge in [-0.2, -0.15) is 0 Å². The fourth-order valence-corrected chi connectivity index (χ4v) is 3.13. The van der Waals surface area contributed by atoms with Gasteiger partial charge in [0.05, 0.1) is 12.4 Å². The Morgan fingerprint density at radius 3 is 2.70 bits per heavy atom. The molecule has 1 unspecified atom stereocenters. The fourth-order valence-electron chi connectivity index (χ4n) is 3.00. The lowest BCUT2D eigenvalue weighted by Gasteiger charge is -2.37. The Balaban J connectivity index is 1.83. The number of ether oxygens (including phenoxy) is 1. The van der Waals surface area contributed by atoms with Crippen molar-refractivity contribution >= 4 is 17.4 Å². The van der Waals surface area contributed by atoms with Crippen LogP contribution in [0.25, 0.3) is 0 Å². The number of aliphatic imine (C=N–C) groups is 1. The lowest BCUT2D eigenvalue weighted by Crippen LogP contribution is -2.45. The van der Waals surface area contributed by atoms with E-state index in [0.717, 1.165) is 42.7 Å². The highest BCUT2D eigenvalue weighted by molar-refractivity contribution is 6.30. The van der Waals surface area contributed by atoms with Crippen LogP contribution in [0.5, 0.6) is 0 Å². The van der Waals surface area contributed by atoms with Crippen LogP contribution in [0.4, 0.5) is 0 Å².